The molecule has 4 heteroatoms. The minimum absolute atomic E-state index is 0.108. The second-order valence-corrected chi connectivity index (χ2v) is 6.69. The molecule has 0 spiro atoms. The van der Waals surface area contributed by atoms with Crippen molar-refractivity contribution in [3.05, 3.63) is 0 Å². The summed E-state index contributed by atoms with van der Waals surface area (Å²) in [6.45, 7) is 6.09. The molecule has 2 unspecified atom stereocenters. The lowest BCUT2D eigenvalue weighted by Crippen LogP contribution is -2.43. The zero-order valence-electron chi connectivity index (χ0n) is 11.1. The molecule has 0 amide bonds. The fourth-order valence-corrected chi connectivity index (χ4v) is 4.39. The summed E-state index contributed by atoms with van der Waals surface area (Å²) < 4.78 is 24.3. The van der Waals surface area contributed by atoms with E-state index >= 15 is 0 Å². The van der Waals surface area contributed by atoms with Crippen molar-refractivity contribution in [2.45, 2.75) is 64.2 Å². The molecule has 0 saturated heterocycles. The molecule has 0 aromatic rings. The minimum atomic E-state index is -2.93. The van der Waals surface area contributed by atoms with Crippen LogP contribution >= 0.6 is 0 Å². The predicted octanol–water partition coefficient (Wildman–Crippen LogP) is 2.37. The van der Waals surface area contributed by atoms with Crippen LogP contribution in [0.2, 0.25) is 0 Å². The van der Waals surface area contributed by atoms with Crippen molar-refractivity contribution in [3.63, 3.8) is 0 Å². The van der Waals surface area contributed by atoms with Crippen LogP contribution in [0.4, 0.5) is 0 Å². The summed E-state index contributed by atoms with van der Waals surface area (Å²) in [5.74, 6) is 0.337. The van der Waals surface area contributed by atoms with Gasteiger partial charge in [-0.1, -0.05) is 33.6 Å². The third kappa shape index (κ3) is 4.83. The Morgan fingerprint density at radius 3 is 2.12 bits per heavy atom. The molecular weight excluding hydrogens is 222 g/mol. The number of rotatable bonds is 9. The van der Waals surface area contributed by atoms with Gasteiger partial charge in [0, 0.05) is 6.04 Å². The van der Waals surface area contributed by atoms with E-state index < -0.39 is 9.84 Å². The van der Waals surface area contributed by atoms with Crippen molar-refractivity contribution in [2.75, 3.05) is 12.8 Å². The van der Waals surface area contributed by atoms with Gasteiger partial charge in [-0.3, -0.25) is 0 Å². The number of sulfone groups is 1. The summed E-state index contributed by atoms with van der Waals surface area (Å²) in [6.07, 6.45) is 4.37. The second-order valence-electron chi connectivity index (χ2n) is 4.35. The zero-order chi connectivity index (χ0) is 12.6. The molecule has 0 heterocycles. The highest BCUT2D eigenvalue weighted by Crippen LogP contribution is 2.17. The van der Waals surface area contributed by atoms with Crippen molar-refractivity contribution in [1.29, 1.82) is 0 Å². The molecule has 0 rings (SSSR count). The standard InChI is InChI=1S/C12H27NO2S/c1-5-8-10-16(14,15)12(7-3)11(13-4)9-6-2/h11-13H,5-10H2,1-4H3. The van der Waals surface area contributed by atoms with Gasteiger partial charge in [0.15, 0.2) is 9.84 Å². The maximum absolute atomic E-state index is 12.2. The van der Waals surface area contributed by atoms with Crippen LogP contribution in [0.3, 0.4) is 0 Å². The van der Waals surface area contributed by atoms with Gasteiger partial charge in [-0.05, 0) is 26.3 Å². The molecule has 0 aromatic heterocycles. The van der Waals surface area contributed by atoms with Crippen molar-refractivity contribution in [2.24, 2.45) is 0 Å². The molecule has 3 nitrogen and oxygen atoms in total. The van der Waals surface area contributed by atoms with E-state index in [-0.39, 0.29) is 11.3 Å². The lowest BCUT2D eigenvalue weighted by molar-refractivity contribution is 0.463. The molecule has 0 bridgehead atoms. The van der Waals surface area contributed by atoms with Gasteiger partial charge < -0.3 is 5.32 Å². The molecule has 98 valence electrons. The highest BCUT2D eigenvalue weighted by atomic mass is 32.2. The van der Waals surface area contributed by atoms with Crippen LogP contribution in [-0.4, -0.2) is 32.5 Å². The van der Waals surface area contributed by atoms with Crippen LogP contribution in [0.25, 0.3) is 0 Å². The monoisotopic (exact) mass is 249 g/mol. The molecule has 0 aromatic carbocycles. The molecule has 16 heavy (non-hydrogen) atoms. The number of nitrogens with one attached hydrogen (secondary N) is 1. The van der Waals surface area contributed by atoms with Crippen molar-refractivity contribution >= 4 is 9.84 Å². The van der Waals surface area contributed by atoms with E-state index in [0.29, 0.717) is 12.2 Å². The van der Waals surface area contributed by atoms with Crippen LogP contribution in [0.15, 0.2) is 0 Å². The van der Waals surface area contributed by atoms with Gasteiger partial charge >= 0.3 is 0 Å². The van der Waals surface area contributed by atoms with Gasteiger partial charge in [-0.2, -0.15) is 0 Å². The first-order valence-corrected chi connectivity index (χ1v) is 8.13. The molecule has 1 N–H and O–H groups in total. The van der Waals surface area contributed by atoms with Gasteiger partial charge in [0.1, 0.15) is 0 Å². The van der Waals surface area contributed by atoms with Crippen molar-refractivity contribution < 1.29 is 8.42 Å². The van der Waals surface area contributed by atoms with E-state index in [0.717, 1.165) is 25.7 Å². The maximum atomic E-state index is 12.2. The fraction of sp³-hybridized carbons (Fsp3) is 1.00. The first kappa shape index (κ1) is 15.9. The fourth-order valence-electron chi connectivity index (χ4n) is 2.11. The Morgan fingerprint density at radius 2 is 1.75 bits per heavy atom. The van der Waals surface area contributed by atoms with Gasteiger partial charge in [0.25, 0.3) is 0 Å². The highest BCUT2D eigenvalue weighted by molar-refractivity contribution is 7.92. The number of hydrogen-bond donors (Lipinski definition) is 1. The molecule has 0 aliphatic heterocycles. The quantitative estimate of drug-likeness (QED) is 0.682. The topological polar surface area (TPSA) is 46.2 Å². The Bertz CT molecular complexity index is 262. The molecule has 0 aliphatic carbocycles. The number of unbranched alkanes of at least 4 members (excludes halogenated alkanes) is 1. The summed E-state index contributed by atoms with van der Waals surface area (Å²) in [7, 11) is -1.07. The SMILES string of the molecule is CCCCS(=O)(=O)C(CC)C(CCC)NC. The third-order valence-corrected chi connectivity index (χ3v) is 5.51. The normalized spacial score (nSPS) is 16.0. The van der Waals surface area contributed by atoms with Crippen LogP contribution in [-0.2, 0) is 9.84 Å². The lowest BCUT2D eigenvalue weighted by Gasteiger charge is -2.25. The highest BCUT2D eigenvalue weighted by Gasteiger charge is 2.29. The van der Waals surface area contributed by atoms with Crippen LogP contribution in [0, 0.1) is 0 Å². The van der Waals surface area contributed by atoms with Crippen molar-refractivity contribution in [3.8, 4) is 0 Å². The predicted molar refractivity (Wildman–Crippen MR) is 70.5 cm³/mol. The minimum Gasteiger partial charge on any atom is -0.316 e. The largest absolute Gasteiger partial charge is 0.316 e. The van der Waals surface area contributed by atoms with E-state index in [2.05, 4.69) is 12.2 Å². The second kappa shape index (κ2) is 8.07. The van der Waals surface area contributed by atoms with Gasteiger partial charge in [-0.25, -0.2) is 8.42 Å². The first-order valence-electron chi connectivity index (χ1n) is 6.42. The summed E-state index contributed by atoms with van der Waals surface area (Å²) in [5, 5.41) is 2.94. The molecule has 0 fully saturated rings. The Hall–Kier alpha value is -0.0900. The van der Waals surface area contributed by atoms with E-state index in [1.54, 1.807) is 0 Å². The molecule has 0 radical (unpaired) electrons. The lowest BCUT2D eigenvalue weighted by atomic mass is 10.1. The van der Waals surface area contributed by atoms with Crippen LogP contribution in [0.1, 0.15) is 52.9 Å². The van der Waals surface area contributed by atoms with Crippen LogP contribution in [0.5, 0.6) is 0 Å². The molecular formula is C12H27NO2S. The first-order chi connectivity index (χ1) is 7.53. The Kier molecular flexibility index (Phi) is 8.02. The third-order valence-electron chi connectivity index (χ3n) is 3.07. The Morgan fingerprint density at radius 1 is 1.12 bits per heavy atom. The maximum Gasteiger partial charge on any atom is 0.154 e. The summed E-state index contributed by atoms with van der Waals surface area (Å²) in [6, 6.07) is 0.108. The zero-order valence-corrected chi connectivity index (χ0v) is 11.9. The van der Waals surface area contributed by atoms with Crippen molar-refractivity contribution in [1.82, 2.24) is 5.32 Å². The summed E-state index contributed by atoms with van der Waals surface area (Å²) >= 11 is 0. The van der Waals surface area contributed by atoms with Crippen LogP contribution < -0.4 is 5.32 Å². The van der Waals surface area contributed by atoms with Gasteiger partial charge in [0.2, 0.25) is 0 Å². The van der Waals surface area contributed by atoms with Gasteiger partial charge in [0.05, 0.1) is 11.0 Å². The van der Waals surface area contributed by atoms with E-state index in [1.165, 1.54) is 0 Å². The number of hydrogen-bond acceptors (Lipinski definition) is 3. The summed E-state index contributed by atoms with van der Waals surface area (Å²) in [4.78, 5) is 0. The van der Waals surface area contributed by atoms with E-state index in [4.69, 9.17) is 0 Å². The van der Waals surface area contributed by atoms with Gasteiger partial charge in [-0.15, -0.1) is 0 Å². The van der Waals surface area contributed by atoms with E-state index in [9.17, 15) is 8.42 Å². The molecule has 0 aliphatic rings. The Balaban J connectivity index is 4.67. The Labute approximate surface area is 101 Å². The summed E-state index contributed by atoms with van der Waals surface area (Å²) in [5.41, 5.74) is 0. The molecule has 0 saturated carbocycles. The van der Waals surface area contributed by atoms with E-state index in [1.807, 2.05) is 20.9 Å². The molecule has 2 atom stereocenters. The smallest absolute Gasteiger partial charge is 0.154 e. The average molecular weight is 249 g/mol. The average Bonchev–Trinajstić information content (AvgIpc) is 2.26.